The molecule has 1 heterocycles. The first-order valence-corrected chi connectivity index (χ1v) is 9.70. The van der Waals surface area contributed by atoms with Crippen LogP contribution < -0.4 is 0 Å². The molecule has 0 N–H and O–H groups in total. The number of hydrogen-bond donors (Lipinski definition) is 0. The van der Waals surface area contributed by atoms with E-state index in [1.54, 1.807) is 0 Å². The van der Waals surface area contributed by atoms with E-state index < -0.39 is 13.9 Å². The van der Waals surface area contributed by atoms with Crippen molar-refractivity contribution in [2.45, 2.75) is 57.5 Å². The monoisotopic (exact) mass is 238 g/mol. The average Bonchev–Trinajstić information content (AvgIpc) is 2.37. The summed E-state index contributed by atoms with van der Waals surface area (Å²) in [6.45, 7) is 11.2. The van der Waals surface area contributed by atoms with E-state index in [1.807, 2.05) is 13.8 Å². The van der Waals surface area contributed by atoms with E-state index in [1.165, 1.54) is 11.6 Å². The molecule has 0 aromatic heterocycles. The van der Waals surface area contributed by atoms with Crippen LogP contribution in [-0.2, 0) is 9.47 Å². The van der Waals surface area contributed by atoms with Gasteiger partial charge in [0.1, 0.15) is 12.2 Å². The Hall–Kier alpha value is -0.383. The molecule has 2 rings (SSSR count). The molecule has 0 aromatic carbocycles. The number of allylic oxidation sites excluding steroid dienone is 2. The quantitative estimate of drug-likeness (QED) is 0.687. The molecule has 1 saturated heterocycles. The van der Waals surface area contributed by atoms with Gasteiger partial charge in [-0.3, -0.25) is 0 Å². The van der Waals surface area contributed by atoms with Crippen molar-refractivity contribution in [2.24, 2.45) is 0 Å². The van der Waals surface area contributed by atoms with Gasteiger partial charge in [0.15, 0.2) is 5.79 Å². The van der Waals surface area contributed by atoms with Crippen LogP contribution in [0, 0.1) is 0 Å². The maximum absolute atomic E-state index is 5.99. The zero-order valence-corrected chi connectivity index (χ0v) is 11.9. The number of hydrogen-bond acceptors (Lipinski definition) is 2. The van der Waals surface area contributed by atoms with E-state index in [0.717, 1.165) is 0 Å². The van der Waals surface area contributed by atoms with E-state index in [0.29, 0.717) is 0 Å². The maximum Gasteiger partial charge on any atom is 0.164 e. The molecule has 2 aliphatic rings. The molecule has 1 aliphatic heterocycles. The van der Waals surface area contributed by atoms with Gasteiger partial charge in [0.2, 0.25) is 0 Å². The van der Waals surface area contributed by atoms with Crippen molar-refractivity contribution >= 4 is 8.07 Å². The predicted octanol–water partition coefficient (Wildman–Crippen LogP) is 3.34. The summed E-state index contributed by atoms with van der Waals surface area (Å²) in [7, 11) is -1.09. The summed E-state index contributed by atoms with van der Waals surface area (Å²) in [5.74, 6) is -0.442. The first kappa shape index (κ1) is 12.1. The highest BCUT2D eigenvalue weighted by Crippen LogP contribution is 2.37. The van der Waals surface area contributed by atoms with Gasteiger partial charge in [-0.1, -0.05) is 37.9 Å². The van der Waals surface area contributed by atoms with Crippen LogP contribution in [0.15, 0.2) is 23.8 Å². The molecule has 90 valence electrons. The molecule has 0 saturated carbocycles. The van der Waals surface area contributed by atoms with Gasteiger partial charge in [0.05, 0.1) is 0 Å². The first-order valence-electron chi connectivity index (χ1n) is 6.00. The number of fused-ring (bicyclic) bond motifs is 1. The molecule has 0 radical (unpaired) electrons. The van der Waals surface area contributed by atoms with Gasteiger partial charge in [-0.05, 0) is 25.5 Å². The lowest BCUT2D eigenvalue weighted by atomic mass is 10.0. The lowest BCUT2D eigenvalue weighted by Gasteiger charge is -2.26. The summed E-state index contributed by atoms with van der Waals surface area (Å²) < 4.78 is 11.9. The largest absolute Gasteiger partial charge is 0.340 e. The van der Waals surface area contributed by atoms with Crippen molar-refractivity contribution in [1.29, 1.82) is 0 Å². The molecular weight excluding hydrogens is 216 g/mol. The maximum atomic E-state index is 5.99. The Morgan fingerprint density at radius 3 is 2.56 bits per heavy atom. The molecule has 0 bridgehead atoms. The van der Waals surface area contributed by atoms with Gasteiger partial charge in [-0.15, -0.1) is 0 Å². The SMILES string of the molecule is CC1(C)O[C@H]2C=CC=C(C[Si](C)(C)C)[C@H]2O1. The molecule has 16 heavy (non-hydrogen) atoms. The highest BCUT2D eigenvalue weighted by molar-refractivity contribution is 6.76. The lowest BCUT2D eigenvalue weighted by molar-refractivity contribution is -0.139. The van der Waals surface area contributed by atoms with Crippen LogP contribution in [-0.4, -0.2) is 26.1 Å². The van der Waals surface area contributed by atoms with Crippen LogP contribution in [0.1, 0.15) is 13.8 Å². The molecule has 2 nitrogen and oxygen atoms in total. The van der Waals surface area contributed by atoms with Gasteiger partial charge in [0, 0.05) is 8.07 Å². The van der Waals surface area contributed by atoms with Gasteiger partial charge in [-0.2, -0.15) is 0 Å². The van der Waals surface area contributed by atoms with Crippen molar-refractivity contribution in [3.63, 3.8) is 0 Å². The minimum Gasteiger partial charge on any atom is -0.340 e. The summed E-state index contributed by atoms with van der Waals surface area (Å²) >= 11 is 0. The lowest BCUT2D eigenvalue weighted by Crippen LogP contribution is -2.30. The molecule has 0 aromatic rings. The highest BCUT2D eigenvalue weighted by atomic mass is 28.3. The molecule has 2 atom stereocenters. The molecule has 3 heteroatoms. The fraction of sp³-hybridized carbons (Fsp3) is 0.692. The Kier molecular flexibility index (Phi) is 2.89. The third-order valence-corrected chi connectivity index (χ3v) is 4.31. The Morgan fingerprint density at radius 1 is 1.25 bits per heavy atom. The van der Waals surface area contributed by atoms with Crippen molar-refractivity contribution in [3.05, 3.63) is 23.8 Å². The van der Waals surface area contributed by atoms with E-state index in [4.69, 9.17) is 9.47 Å². The predicted molar refractivity (Wildman–Crippen MR) is 69.2 cm³/mol. The second-order valence-electron chi connectivity index (χ2n) is 6.38. The van der Waals surface area contributed by atoms with Crippen molar-refractivity contribution in [2.75, 3.05) is 0 Å². The molecule has 0 spiro atoms. The molecule has 1 aliphatic carbocycles. The summed E-state index contributed by atoms with van der Waals surface area (Å²) in [4.78, 5) is 0. The fourth-order valence-corrected chi connectivity index (χ4v) is 3.92. The second-order valence-corrected chi connectivity index (χ2v) is 11.9. The normalized spacial score (nSPS) is 32.4. The van der Waals surface area contributed by atoms with Crippen LogP contribution >= 0.6 is 0 Å². The third-order valence-electron chi connectivity index (χ3n) is 2.84. The van der Waals surface area contributed by atoms with E-state index >= 15 is 0 Å². The van der Waals surface area contributed by atoms with E-state index in [-0.39, 0.29) is 12.2 Å². The third kappa shape index (κ3) is 2.65. The standard InChI is InChI=1S/C13H22O2Si/c1-13(2)14-11-8-6-7-10(12(11)15-13)9-16(3,4)5/h6-8,11-12H,9H2,1-5H3/t11-,12+/m0/s1. The zero-order chi connectivity index (χ0) is 12.0. The molecule has 0 amide bonds. The number of rotatable bonds is 2. The number of ether oxygens (including phenoxy) is 2. The van der Waals surface area contributed by atoms with Crippen molar-refractivity contribution in [3.8, 4) is 0 Å². The highest BCUT2D eigenvalue weighted by Gasteiger charge is 2.43. The van der Waals surface area contributed by atoms with Gasteiger partial charge < -0.3 is 9.47 Å². The van der Waals surface area contributed by atoms with E-state index in [9.17, 15) is 0 Å². The molecule has 1 fully saturated rings. The smallest absolute Gasteiger partial charge is 0.164 e. The molecule has 0 unspecified atom stereocenters. The van der Waals surface area contributed by atoms with E-state index in [2.05, 4.69) is 37.9 Å². The topological polar surface area (TPSA) is 18.5 Å². The zero-order valence-electron chi connectivity index (χ0n) is 10.9. The van der Waals surface area contributed by atoms with Crippen LogP contribution in [0.4, 0.5) is 0 Å². The van der Waals surface area contributed by atoms with Crippen molar-refractivity contribution < 1.29 is 9.47 Å². The van der Waals surface area contributed by atoms with Gasteiger partial charge >= 0.3 is 0 Å². The summed E-state index contributed by atoms with van der Waals surface area (Å²) in [5.41, 5.74) is 1.41. The minimum atomic E-state index is -1.09. The van der Waals surface area contributed by atoms with Crippen LogP contribution in [0.2, 0.25) is 25.7 Å². The Bertz CT molecular complexity index is 336. The van der Waals surface area contributed by atoms with Gasteiger partial charge in [-0.25, -0.2) is 0 Å². The Balaban J connectivity index is 2.15. The summed E-state index contributed by atoms with van der Waals surface area (Å²) in [6.07, 6.45) is 6.69. The Labute approximate surface area is 99.3 Å². The fourth-order valence-electron chi connectivity index (χ4n) is 2.37. The first-order chi connectivity index (χ1) is 7.27. The molecular formula is C13H22O2Si. The Morgan fingerprint density at radius 2 is 1.94 bits per heavy atom. The summed E-state index contributed by atoms with van der Waals surface area (Å²) in [5, 5.41) is 0. The van der Waals surface area contributed by atoms with Crippen LogP contribution in [0.5, 0.6) is 0 Å². The van der Waals surface area contributed by atoms with Crippen molar-refractivity contribution in [1.82, 2.24) is 0 Å². The van der Waals surface area contributed by atoms with Crippen LogP contribution in [0.3, 0.4) is 0 Å². The minimum absolute atomic E-state index is 0.117. The van der Waals surface area contributed by atoms with Gasteiger partial charge in [0.25, 0.3) is 0 Å². The average molecular weight is 238 g/mol. The second kappa shape index (κ2) is 3.83. The van der Waals surface area contributed by atoms with Crippen LogP contribution in [0.25, 0.3) is 0 Å². The summed E-state index contributed by atoms with van der Waals surface area (Å²) in [6, 6.07) is 1.19.